The summed E-state index contributed by atoms with van der Waals surface area (Å²) in [6.07, 6.45) is -3.41. The molecule has 0 saturated carbocycles. The van der Waals surface area contributed by atoms with Crippen molar-refractivity contribution >= 4 is 17.9 Å². The van der Waals surface area contributed by atoms with E-state index in [1.54, 1.807) is 45.0 Å². The molecule has 0 unspecified atom stereocenters. The van der Waals surface area contributed by atoms with Gasteiger partial charge in [0.25, 0.3) is 0 Å². The fraction of sp³-hybridized carbons (Fsp3) is 0.500. The maximum absolute atomic E-state index is 12.1. The average Bonchev–Trinajstić information content (AvgIpc) is 2.51. The molecule has 0 fully saturated rings. The molecule has 0 bridgehead atoms. The van der Waals surface area contributed by atoms with Crippen LogP contribution in [0.3, 0.4) is 0 Å². The van der Waals surface area contributed by atoms with E-state index in [9.17, 15) is 19.5 Å². The van der Waals surface area contributed by atoms with Gasteiger partial charge in [-0.3, -0.25) is 4.79 Å². The molecule has 0 aliphatic rings. The normalized spacial score (nSPS) is 13.5. The zero-order valence-corrected chi connectivity index (χ0v) is 14.9. The van der Waals surface area contributed by atoms with E-state index < -0.39 is 42.1 Å². The fourth-order valence-corrected chi connectivity index (χ4v) is 1.73. The van der Waals surface area contributed by atoms with Crippen LogP contribution < -0.4 is 0 Å². The van der Waals surface area contributed by atoms with Gasteiger partial charge in [-0.1, -0.05) is 30.3 Å². The van der Waals surface area contributed by atoms with E-state index in [0.29, 0.717) is 0 Å². The van der Waals surface area contributed by atoms with E-state index in [0.717, 1.165) is 5.56 Å². The third-order valence-electron chi connectivity index (χ3n) is 2.86. The quantitative estimate of drug-likeness (QED) is 0.589. The summed E-state index contributed by atoms with van der Waals surface area (Å²) in [5, 5.41) is 9.23. The van der Waals surface area contributed by atoms with Crippen molar-refractivity contribution in [3.05, 3.63) is 35.9 Å². The molecule has 0 aromatic heterocycles. The van der Waals surface area contributed by atoms with Gasteiger partial charge < -0.3 is 19.3 Å². The molecule has 1 aromatic carbocycles. The second-order valence-corrected chi connectivity index (χ2v) is 6.49. The molecule has 25 heavy (non-hydrogen) atoms. The molecule has 0 saturated heterocycles. The topological polar surface area (TPSA) is 99.1 Å². The lowest BCUT2D eigenvalue weighted by Gasteiger charge is -2.24. The molecule has 2 atom stereocenters. The summed E-state index contributed by atoms with van der Waals surface area (Å²) in [6.45, 7) is 6.16. The smallest absolute Gasteiger partial charge is 0.348 e. The molecular weight excluding hydrogens is 328 g/mol. The number of ether oxygens (including phenoxy) is 3. The van der Waals surface area contributed by atoms with Gasteiger partial charge in [0.1, 0.15) is 18.3 Å². The van der Waals surface area contributed by atoms with Crippen molar-refractivity contribution in [2.75, 3.05) is 0 Å². The van der Waals surface area contributed by atoms with Crippen LogP contribution in [0.2, 0.25) is 0 Å². The zero-order chi connectivity index (χ0) is 19.0. The third-order valence-corrected chi connectivity index (χ3v) is 2.86. The summed E-state index contributed by atoms with van der Waals surface area (Å²) in [6, 6.07) is 9.01. The highest BCUT2D eigenvalue weighted by molar-refractivity contribution is 5.85. The second-order valence-electron chi connectivity index (χ2n) is 6.49. The first-order chi connectivity index (χ1) is 11.6. The first kappa shape index (κ1) is 20.6. The van der Waals surface area contributed by atoms with Gasteiger partial charge in [0, 0.05) is 0 Å². The van der Waals surface area contributed by atoms with Gasteiger partial charge in [-0.05, 0) is 33.3 Å². The van der Waals surface area contributed by atoms with Crippen molar-refractivity contribution in [2.45, 2.75) is 58.5 Å². The minimum atomic E-state index is -1.48. The standard InChI is InChI=1S/C18H24O7/c1-12(19)16(21)24-14(17(22)25-18(2,3)4)10-15(20)23-11-13-8-6-5-7-9-13/h5-9,12,14,19H,10-11H2,1-4H3/t12-,14-/m0/s1. The zero-order valence-electron chi connectivity index (χ0n) is 14.9. The van der Waals surface area contributed by atoms with Gasteiger partial charge >= 0.3 is 17.9 Å². The van der Waals surface area contributed by atoms with Crippen LogP contribution in [0.4, 0.5) is 0 Å². The molecule has 138 valence electrons. The molecule has 0 heterocycles. The third kappa shape index (κ3) is 8.30. The van der Waals surface area contributed by atoms with Gasteiger partial charge in [-0.15, -0.1) is 0 Å². The summed E-state index contributed by atoms with van der Waals surface area (Å²) in [5.41, 5.74) is -0.0359. The fourth-order valence-electron chi connectivity index (χ4n) is 1.73. The van der Waals surface area contributed by atoms with Crippen LogP contribution in [0, 0.1) is 0 Å². The van der Waals surface area contributed by atoms with Crippen molar-refractivity contribution in [3.63, 3.8) is 0 Å². The Bertz CT molecular complexity index is 587. The van der Waals surface area contributed by atoms with Crippen molar-refractivity contribution < 1.29 is 33.7 Å². The van der Waals surface area contributed by atoms with E-state index >= 15 is 0 Å². The number of hydrogen-bond donors (Lipinski definition) is 1. The Labute approximate surface area is 146 Å². The first-order valence-corrected chi connectivity index (χ1v) is 7.89. The minimum absolute atomic E-state index is 0.0328. The Morgan fingerprint density at radius 1 is 1.08 bits per heavy atom. The lowest BCUT2D eigenvalue weighted by molar-refractivity contribution is -0.182. The summed E-state index contributed by atoms with van der Waals surface area (Å²) in [7, 11) is 0. The highest BCUT2D eigenvalue weighted by Gasteiger charge is 2.32. The number of hydrogen-bond acceptors (Lipinski definition) is 7. The van der Waals surface area contributed by atoms with Gasteiger partial charge in [0.05, 0.1) is 6.42 Å². The van der Waals surface area contributed by atoms with Crippen molar-refractivity contribution in [1.29, 1.82) is 0 Å². The number of esters is 3. The largest absolute Gasteiger partial charge is 0.461 e. The molecule has 0 aliphatic carbocycles. The molecule has 0 amide bonds. The Hall–Kier alpha value is -2.41. The summed E-state index contributed by atoms with van der Waals surface area (Å²) < 4.78 is 15.1. The number of aliphatic hydroxyl groups excluding tert-OH is 1. The molecule has 0 spiro atoms. The van der Waals surface area contributed by atoms with Crippen LogP contribution >= 0.6 is 0 Å². The number of aliphatic hydroxyl groups is 1. The van der Waals surface area contributed by atoms with Gasteiger partial charge in [0.15, 0.2) is 0 Å². The minimum Gasteiger partial charge on any atom is -0.461 e. The SMILES string of the molecule is C[C@H](O)C(=O)O[C@@H](CC(=O)OCc1ccccc1)C(=O)OC(C)(C)C. The van der Waals surface area contributed by atoms with Crippen LogP contribution in [-0.2, 0) is 35.2 Å². The number of carbonyl (C=O) groups excluding carboxylic acids is 3. The molecule has 0 aliphatic heterocycles. The Balaban J connectivity index is 2.69. The highest BCUT2D eigenvalue weighted by Crippen LogP contribution is 2.13. The lowest BCUT2D eigenvalue weighted by atomic mass is 10.2. The second kappa shape index (κ2) is 9.17. The van der Waals surface area contributed by atoms with E-state index in [2.05, 4.69) is 0 Å². The molecule has 7 heteroatoms. The first-order valence-electron chi connectivity index (χ1n) is 7.89. The predicted molar refractivity (Wildman–Crippen MR) is 88.3 cm³/mol. The lowest BCUT2D eigenvalue weighted by Crippen LogP contribution is -2.38. The van der Waals surface area contributed by atoms with E-state index in [-0.39, 0.29) is 6.61 Å². The van der Waals surface area contributed by atoms with Crippen LogP contribution in [-0.4, -0.2) is 40.8 Å². The summed E-state index contributed by atoms with van der Waals surface area (Å²) in [4.78, 5) is 35.7. The van der Waals surface area contributed by atoms with Gasteiger partial charge in [-0.2, -0.15) is 0 Å². The molecule has 1 N–H and O–H groups in total. The Morgan fingerprint density at radius 3 is 2.20 bits per heavy atom. The van der Waals surface area contributed by atoms with E-state index in [1.165, 1.54) is 6.92 Å². The van der Waals surface area contributed by atoms with Gasteiger partial charge in [0.2, 0.25) is 6.10 Å². The van der Waals surface area contributed by atoms with Crippen molar-refractivity contribution in [1.82, 2.24) is 0 Å². The van der Waals surface area contributed by atoms with E-state index in [1.807, 2.05) is 6.07 Å². The Kier molecular flexibility index (Phi) is 7.57. The Morgan fingerprint density at radius 2 is 1.68 bits per heavy atom. The molecule has 1 rings (SSSR count). The molecule has 1 aromatic rings. The van der Waals surface area contributed by atoms with Crippen molar-refractivity contribution in [2.24, 2.45) is 0 Å². The van der Waals surface area contributed by atoms with Crippen LogP contribution in [0.1, 0.15) is 39.7 Å². The number of benzene rings is 1. The van der Waals surface area contributed by atoms with Crippen molar-refractivity contribution in [3.8, 4) is 0 Å². The van der Waals surface area contributed by atoms with Crippen LogP contribution in [0.25, 0.3) is 0 Å². The number of carbonyl (C=O) groups is 3. The molecule has 7 nitrogen and oxygen atoms in total. The molecular formula is C18H24O7. The summed E-state index contributed by atoms with van der Waals surface area (Å²) in [5.74, 6) is -2.62. The van der Waals surface area contributed by atoms with E-state index in [4.69, 9.17) is 14.2 Å². The van der Waals surface area contributed by atoms with Crippen LogP contribution in [0.5, 0.6) is 0 Å². The highest BCUT2D eigenvalue weighted by atomic mass is 16.6. The monoisotopic (exact) mass is 352 g/mol. The van der Waals surface area contributed by atoms with Gasteiger partial charge in [-0.25, -0.2) is 9.59 Å². The maximum atomic E-state index is 12.1. The summed E-state index contributed by atoms with van der Waals surface area (Å²) >= 11 is 0. The van der Waals surface area contributed by atoms with Crippen LogP contribution in [0.15, 0.2) is 30.3 Å². The average molecular weight is 352 g/mol. The predicted octanol–water partition coefficient (Wildman–Crippen LogP) is 1.75. The molecule has 0 radical (unpaired) electrons. The number of rotatable bonds is 7. The maximum Gasteiger partial charge on any atom is 0.348 e.